The summed E-state index contributed by atoms with van der Waals surface area (Å²) in [5, 5.41) is 0. The quantitative estimate of drug-likeness (QED) is 0.852. The summed E-state index contributed by atoms with van der Waals surface area (Å²) in [7, 11) is 1.87. The standard InChI is InChI=1S/C10H14BrN3O.ClH/c1-13-5-7(11)4-9(13)10(15)14-3-2-8(12)6-14;/h4-5,8H,2-3,6,12H2,1H3;1H/t8-;/m0./s1. The topological polar surface area (TPSA) is 51.3 Å². The van der Waals surface area contributed by atoms with Crippen molar-refractivity contribution >= 4 is 34.2 Å². The highest BCUT2D eigenvalue weighted by Crippen LogP contribution is 2.17. The van der Waals surface area contributed by atoms with Crippen molar-refractivity contribution in [2.75, 3.05) is 13.1 Å². The van der Waals surface area contributed by atoms with E-state index in [1.165, 1.54) is 0 Å². The summed E-state index contributed by atoms with van der Waals surface area (Å²) < 4.78 is 2.76. The molecule has 16 heavy (non-hydrogen) atoms. The zero-order valence-electron chi connectivity index (χ0n) is 9.02. The third-order valence-electron chi connectivity index (χ3n) is 2.70. The van der Waals surface area contributed by atoms with Crippen LogP contribution in [0.3, 0.4) is 0 Å². The van der Waals surface area contributed by atoms with Gasteiger partial charge in [0, 0.05) is 36.8 Å². The fourth-order valence-corrected chi connectivity index (χ4v) is 2.39. The average Bonchev–Trinajstić information content (AvgIpc) is 2.71. The molecule has 1 amide bonds. The summed E-state index contributed by atoms with van der Waals surface area (Å²) in [6.45, 7) is 1.43. The number of likely N-dealkylation sites (tertiary alicyclic amines) is 1. The predicted molar refractivity (Wildman–Crippen MR) is 68.9 cm³/mol. The van der Waals surface area contributed by atoms with Crippen LogP contribution in [0.25, 0.3) is 0 Å². The Kier molecular flexibility index (Phi) is 4.41. The van der Waals surface area contributed by atoms with Gasteiger partial charge in [-0.25, -0.2) is 0 Å². The lowest BCUT2D eigenvalue weighted by Gasteiger charge is -2.15. The van der Waals surface area contributed by atoms with E-state index in [1.807, 2.05) is 28.8 Å². The molecule has 2 N–H and O–H groups in total. The Morgan fingerprint density at radius 2 is 2.31 bits per heavy atom. The maximum Gasteiger partial charge on any atom is 0.270 e. The van der Waals surface area contributed by atoms with Crippen LogP contribution in [-0.4, -0.2) is 34.5 Å². The van der Waals surface area contributed by atoms with E-state index in [1.54, 1.807) is 0 Å². The fraction of sp³-hybridized carbons (Fsp3) is 0.500. The minimum Gasteiger partial charge on any atom is -0.345 e. The Bertz CT molecular complexity index is 393. The number of nitrogens with two attached hydrogens (primary N) is 1. The SMILES string of the molecule is Cl.Cn1cc(Br)cc1C(=O)N1CC[C@H](N)C1. The van der Waals surface area contributed by atoms with Crippen LogP contribution in [0.4, 0.5) is 0 Å². The summed E-state index contributed by atoms with van der Waals surface area (Å²) in [6, 6.07) is 1.98. The van der Waals surface area contributed by atoms with Crippen LogP contribution in [0.2, 0.25) is 0 Å². The van der Waals surface area contributed by atoms with Crippen LogP contribution in [0.1, 0.15) is 16.9 Å². The fourth-order valence-electron chi connectivity index (χ4n) is 1.87. The first-order valence-electron chi connectivity index (χ1n) is 4.94. The van der Waals surface area contributed by atoms with E-state index in [-0.39, 0.29) is 24.4 Å². The number of rotatable bonds is 1. The highest BCUT2D eigenvalue weighted by Gasteiger charge is 2.25. The normalized spacial score (nSPS) is 19.7. The predicted octanol–water partition coefficient (Wildman–Crippen LogP) is 1.38. The second-order valence-electron chi connectivity index (χ2n) is 3.95. The highest BCUT2D eigenvalue weighted by molar-refractivity contribution is 9.10. The molecule has 0 aliphatic carbocycles. The van der Waals surface area contributed by atoms with Crippen molar-refractivity contribution in [3.63, 3.8) is 0 Å². The smallest absolute Gasteiger partial charge is 0.270 e. The molecule has 0 unspecified atom stereocenters. The molecule has 1 aromatic heterocycles. The number of hydrogen-bond acceptors (Lipinski definition) is 2. The highest BCUT2D eigenvalue weighted by atomic mass is 79.9. The van der Waals surface area contributed by atoms with Crippen molar-refractivity contribution in [1.82, 2.24) is 9.47 Å². The van der Waals surface area contributed by atoms with Gasteiger partial charge in [-0.3, -0.25) is 4.79 Å². The average molecular weight is 309 g/mol. The Morgan fingerprint density at radius 3 is 2.75 bits per heavy atom. The number of amides is 1. The molecule has 1 fully saturated rings. The van der Waals surface area contributed by atoms with Crippen LogP contribution in [0, 0.1) is 0 Å². The van der Waals surface area contributed by atoms with Crippen molar-refractivity contribution < 1.29 is 4.79 Å². The molecule has 0 saturated carbocycles. The summed E-state index contributed by atoms with van der Waals surface area (Å²) in [6.07, 6.45) is 2.78. The van der Waals surface area contributed by atoms with Gasteiger partial charge >= 0.3 is 0 Å². The van der Waals surface area contributed by atoms with Gasteiger partial charge in [0.05, 0.1) is 0 Å². The van der Waals surface area contributed by atoms with Crippen LogP contribution < -0.4 is 5.73 Å². The summed E-state index contributed by atoms with van der Waals surface area (Å²) in [4.78, 5) is 13.9. The van der Waals surface area contributed by atoms with Gasteiger partial charge in [-0.2, -0.15) is 0 Å². The zero-order valence-corrected chi connectivity index (χ0v) is 11.4. The molecule has 6 heteroatoms. The molecule has 4 nitrogen and oxygen atoms in total. The van der Waals surface area contributed by atoms with Crippen molar-refractivity contribution in [3.05, 3.63) is 22.4 Å². The minimum absolute atomic E-state index is 0. The van der Waals surface area contributed by atoms with Crippen LogP contribution in [0.5, 0.6) is 0 Å². The number of carbonyl (C=O) groups is 1. The van der Waals surface area contributed by atoms with Gasteiger partial charge in [-0.15, -0.1) is 12.4 Å². The largest absolute Gasteiger partial charge is 0.345 e. The van der Waals surface area contributed by atoms with Gasteiger partial charge in [0.25, 0.3) is 5.91 Å². The molecule has 0 bridgehead atoms. The van der Waals surface area contributed by atoms with Crippen LogP contribution >= 0.6 is 28.3 Å². The monoisotopic (exact) mass is 307 g/mol. The first kappa shape index (κ1) is 13.5. The molecule has 1 aliphatic heterocycles. The Hall–Kier alpha value is -0.520. The lowest BCUT2D eigenvalue weighted by molar-refractivity contribution is 0.0781. The van der Waals surface area contributed by atoms with E-state index >= 15 is 0 Å². The van der Waals surface area contributed by atoms with Crippen molar-refractivity contribution in [3.8, 4) is 0 Å². The zero-order chi connectivity index (χ0) is 11.0. The molecule has 1 saturated heterocycles. The maximum atomic E-state index is 12.1. The van der Waals surface area contributed by atoms with E-state index in [4.69, 9.17) is 5.73 Å². The van der Waals surface area contributed by atoms with Gasteiger partial charge in [0.15, 0.2) is 0 Å². The Morgan fingerprint density at radius 1 is 1.62 bits per heavy atom. The molecule has 1 aliphatic rings. The van der Waals surface area contributed by atoms with E-state index in [0.717, 1.165) is 17.4 Å². The maximum absolute atomic E-state index is 12.1. The van der Waals surface area contributed by atoms with Gasteiger partial charge in [0.1, 0.15) is 5.69 Å². The van der Waals surface area contributed by atoms with E-state index in [0.29, 0.717) is 12.2 Å². The molecule has 2 rings (SSSR count). The number of nitrogens with zero attached hydrogens (tertiary/aromatic N) is 2. The van der Waals surface area contributed by atoms with Gasteiger partial charge in [-0.1, -0.05) is 0 Å². The summed E-state index contributed by atoms with van der Waals surface area (Å²) in [5.41, 5.74) is 6.48. The van der Waals surface area contributed by atoms with Gasteiger partial charge < -0.3 is 15.2 Å². The van der Waals surface area contributed by atoms with Crippen molar-refractivity contribution in [2.45, 2.75) is 12.5 Å². The van der Waals surface area contributed by atoms with E-state index < -0.39 is 0 Å². The molecule has 0 spiro atoms. The second kappa shape index (κ2) is 5.21. The van der Waals surface area contributed by atoms with Crippen molar-refractivity contribution in [1.29, 1.82) is 0 Å². The number of aryl methyl sites for hydroxylation is 1. The van der Waals surface area contributed by atoms with Gasteiger partial charge in [0.2, 0.25) is 0 Å². The molecule has 90 valence electrons. The lowest BCUT2D eigenvalue weighted by atomic mass is 10.3. The Labute approximate surface area is 109 Å². The third kappa shape index (κ3) is 2.59. The molecule has 0 aromatic carbocycles. The number of halogens is 2. The number of carbonyl (C=O) groups excluding carboxylic acids is 1. The third-order valence-corrected chi connectivity index (χ3v) is 3.14. The molecule has 1 aromatic rings. The lowest BCUT2D eigenvalue weighted by Crippen LogP contribution is -2.32. The van der Waals surface area contributed by atoms with E-state index in [9.17, 15) is 4.79 Å². The molecule has 1 atom stereocenters. The number of hydrogen-bond donors (Lipinski definition) is 1. The van der Waals surface area contributed by atoms with Gasteiger partial charge in [-0.05, 0) is 28.4 Å². The molecular weight excluding hydrogens is 293 g/mol. The Balaban J connectivity index is 0.00000128. The first-order valence-corrected chi connectivity index (χ1v) is 5.74. The summed E-state index contributed by atoms with van der Waals surface area (Å²) >= 11 is 3.36. The van der Waals surface area contributed by atoms with Crippen LogP contribution in [-0.2, 0) is 7.05 Å². The minimum atomic E-state index is 0. The van der Waals surface area contributed by atoms with Crippen molar-refractivity contribution in [2.24, 2.45) is 12.8 Å². The number of aromatic nitrogens is 1. The molecule has 2 heterocycles. The second-order valence-corrected chi connectivity index (χ2v) is 4.87. The molecular formula is C10H15BrClN3O. The first-order chi connectivity index (χ1) is 7.08. The molecule has 0 radical (unpaired) electrons. The summed E-state index contributed by atoms with van der Waals surface area (Å²) in [5.74, 6) is 0.0659. The van der Waals surface area contributed by atoms with E-state index in [2.05, 4.69) is 15.9 Å². The van der Waals surface area contributed by atoms with Crippen LogP contribution in [0.15, 0.2) is 16.7 Å².